The van der Waals surface area contributed by atoms with Gasteiger partial charge in [-0.2, -0.15) is 0 Å². The maximum atomic E-state index is 12.7. The fraction of sp³-hybridized carbons (Fsp3) is 0.353. The molecular weight excluding hydrogens is 356 g/mol. The number of nitrogens with one attached hydrogen (secondary N) is 1. The summed E-state index contributed by atoms with van der Waals surface area (Å²) in [6.45, 7) is 1.44. The summed E-state index contributed by atoms with van der Waals surface area (Å²) in [6.07, 6.45) is 3.18. The number of hydrogen-bond acceptors (Lipinski definition) is 7. The van der Waals surface area contributed by atoms with Crippen LogP contribution in [-0.4, -0.2) is 38.2 Å². The zero-order valence-corrected chi connectivity index (χ0v) is 14.5. The van der Waals surface area contributed by atoms with Crippen LogP contribution in [-0.2, 0) is 11.3 Å². The third-order valence-electron chi connectivity index (χ3n) is 3.97. The number of ether oxygens (including phenoxy) is 1. The predicted molar refractivity (Wildman–Crippen MR) is 96.0 cm³/mol. The molecule has 0 unspecified atom stereocenters. The number of benzene rings is 1. The summed E-state index contributed by atoms with van der Waals surface area (Å²) in [5, 5.41) is 23.4. The quantitative estimate of drug-likeness (QED) is 0.528. The summed E-state index contributed by atoms with van der Waals surface area (Å²) in [5.41, 5.74) is -0.387. The zero-order chi connectivity index (χ0) is 19.6. The van der Waals surface area contributed by atoms with Crippen LogP contribution in [0.25, 0.3) is 11.3 Å². The van der Waals surface area contributed by atoms with Crippen LogP contribution in [0.1, 0.15) is 19.8 Å². The Morgan fingerprint density at radius 2 is 2.19 bits per heavy atom. The van der Waals surface area contributed by atoms with E-state index in [2.05, 4.69) is 10.3 Å². The molecule has 1 heterocycles. The minimum Gasteiger partial charge on any atom is -0.494 e. The first-order valence-electron chi connectivity index (χ1n) is 8.40. The molecule has 1 aromatic heterocycles. The van der Waals surface area contributed by atoms with Gasteiger partial charge in [0.1, 0.15) is 12.3 Å². The van der Waals surface area contributed by atoms with E-state index in [9.17, 15) is 24.8 Å². The van der Waals surface area contributed by atoms with Crippen molar-refractivity contribution in [3.8, 4) is 17.0 Å². The molecule has 2 aromatic rings. The van der Waals surface area contributed by atoms with Crippen LogP contribution >= 0.6 is 0 Å². The number of nitro groups is 1. The minimum absolute atomic E-state index is 0.0676. The van der Waals surface area contributed by atoms with E-state index in [0.717, 1.165) is 17.4 Å². The molecule has 0 saturated heterocycles. The van der Waals surface area contributed by atoms with Crippen LogP contribution in [0, 0.1) is 10.1 Å². The minimum atomic E-state index is -1.21. The van der Waals surface area contributed by atoms with E-state index in [0.29, 0.717) is 6.61 Å². The van der Waals surface area contributed by atoms with Gasteiger partial charge < -0.3 is 15.2 Å². The number of hydrogen-bond donors (Lipinski definition) is 2. The van der Waals surface area contributed by atoms with Gasteiger partial charge in [-0.3, -0.25) is 24.3 Å². The molecule has 1 fully saturated rings. The first-order chi connectivity index (χ1) is 12.9. The van der Waals surface area contributed by atoms with Crippen LogP contribution in [0.15, 0.2) is 29.2 Å². The van der Waals surface area contributed by atoms with Crippen molar-refractivity contribution in [2.45, 2.75) is 32.4 Å². The van der Waals surface area contributed by atoms with Crippen molar-refractivity contribution < 1.29 is 19.6 Å². The number of nitrogens with zero attached hydrogens (tertiary/aromatic N) is 3. The van der Waals surface area contributed by atoms with Crippen LogP contribution in [0.2, 0.25) is 0 Å². The van der Waals surface area contributed by atoms with Crippen molar-refractivity contribution >= 4 is 17.5 Å². The van der Waals surface area contributed by atoms with Gasteiger partial charge in [0.2, 0.25) is 0 Å². The molecule has 0 bridgehead atoms. The number of carboxylic acid groups (broad SMARTS) is 1. The Balaban J connectivity index is 2.14. The number of non-ortho nitro benzene ring substituents is 1. The van der Waals surface area contributed by atoms with Crippen molar-refractivity contribution in [1.82, 2.24) is 9.55 Å². The molecule has 27 heavy (non-hydrogen) atoms. The highest BCUT2D eigenvalue weighted by Crippen LogP contribution is 2.30. The Bertz CT molecular complexity index is 951. The normalized spacial score (nSPS) is 13.2. The summed E-state index contributed by atoms with van der Waals surface area (Å²) in [6, 6.07) is 4.20. The molecule has 10 nitrogen and oxygen atoms in total. The van der Waals surface area contributed by atoms with Gasteiger partial charge in [-0.05, 0) is 25.8 Å². The van der Waals surface area contributed by atoms with Crippen LogP contribution in [0.5, 0.6) is 5.75 Å². The first-order valence-corrected chi connectivity index (χ1v) is 8.40. The van der Waals surface area contributed by atoms with Gasteiger partial charge >= 0.3 is 5.97 Å². The Morgan fingerprint density at radius 1 is 1.44 bits per heavy atom. The summed E-state index contributed by atoms with van der Waals surface area (Å²) in [7, 11) is 0. The van der Waals surface area contributed by atoms with Crippen molar-refractivity contribution in [3.63, 3.8) is 0 Å². The number of anilines is 1. The van der Waals surface area contributed by atoms with Gasteiger partial charge in [0.15, 0.2) is 5.82 Å². The summed E-state index contributed by atoms with van der Waals surface area (Å²) >= 11 is 0. The van der Waals surface area contributed by atoms with E-state index < -0.39 is 23.0 Å². The largest absolute Gasteiger partial charge is 0.494 e. The number of carbonyl (C=O) groups is 1. The van der Waals surface area contributed by atoms with Gasteiger partial charge in [-0.15, -0.1) is 0 Å². The zero-order valence-electron chi connectivity index (χ0n) is 14.5. The fourth-order valence-corrected chi connectivity index (χ4v) is 2.62. The molecule has 0 spiro atoms. The summed E-state index contributed by atoms with van der Waals surface area (Å²) in [4.78, 5) is 38.7. The highest BCUT2D eigenvalue weighted by Gasteiger charge is 2.24. The lowest BCUT2D eigenvalue weighted by atomic mass is 10.1. The second-order valence-corrected chi connectivity index (χ2v) is 6.10. The molecule has 0 aliphatic heterocycles. The van der Waals surface area contributed by atoms with Gasteiger partial charge in [-0.25, -0.2) is 4.98 Å². The maximum absolute atomic E-state index is 12.7. The van der Waals surface area contributed by atoms with Crippen molar-refractivity contribution in [1.29, 1.82) is 0 Å². The van der Waals surface area contributed by atoms with Gasteiger partial charge in [0.05, 0.1) is 29.5 Å². The molecule has 1 aromatic carbocycles. The lowest BCUT2D eigenvalue weighted by molar-refractivity contribution is -0.384. The number of aliphatic carboxylic acids is 1. The Kier molecular flexibility index (Phi) is 5.06. The van der Waals surface area contributed by atoms with Crippen molar-refractivity contribution in [3.05, 3.63) is 44.9 Å². The van der Waals surface area contributed by atoms with E-state index in [-0.39, 0.29) is 34.6 Å². The lowest BCUT2D eigenvalue weighted by Crippen LogP contribution is -2.29. The van der Waals surface area contributed by atoms with Gasteiger partial charge in [0.25, 0.3) is 11.2 Å². The molecular formula is C17H18N4O6. The smallest absolute Gasteiger partial charge is 0.323 e. The van der Waals surface area contributed by atoms with Crippen LogP contribution in [0.4, 0.5) is 11.5 Å². The molecule has 2 N–H and O–H groups in total. The van der Waals surface area contributed by atoms with Gasteiger partial charge in [-0.1, -0.05) is 0 Å². The molecule has 142 valence electrons. The number of aromatic nitrogens is 2. The average molecular weight is 374 g/mol. The maximum Gasteiger partial charge on any atom is 0.323 e. The molecule has 1 aliphatic rings. The van der Waals surface area contributed by atoms with E-state index in [1.54, 1.807) is 6.92 Å². The topological polar surface area (TPSA) is 137 Å². The lowest BCUT2D eigenvalue weighted by Gasteiger charge is -2.14. The SMILES string of the molecule is CCOc1cc(-c2cnc(NC3CC3)c(=O)n2CC(=O)O)cc([N+](=O)[O-])c1. The summed E-state index contributed by atoms with van der Waals surface area (Å²) < 4.78 is 6.39. The molecule has 0 atom stereocenters. The Labute approximate surface area is 153 Å². The molecule has 10 heteroatoms. The molecule has 1 aliphatic carbocycles. The average Bonchev–Trinajstić information content (AvgIpc) is 3.42. The monoisotopic (exact) mass is 374 g/mol. The second-order valence-electron chi connectivity index (χ2n) is 6.10. The third-order valence-corrected chi connectivity index (χ3v) is 3.97. The van der Waals surface area contributed by atoms with E-state index in [4.69, 9.17) is 4.74 Å². The Hall–Kier alpha value is -3.43. The van der Waals surface area contributed by atoms with Gasteiger partial charge in [0, 0.05) is 17.7 Å². The van der Waals surface area contributed by atoms with E-state index in [1.807, 2.05) is 0 Å². The van der Waals surface area contributed by atoms with Crippen molar-refractivity contribution in [2.75, 3.05) is 11.9 Å². The number of carboxylic acids is 1. The fourth-order valence-electron chi connectivity index (χ4n) is 2.62. The Morgan fingerprint density at radius 3 is 2.78 bits per heavy atom. The first kappa shape index (κ1) is 18.4. The van der Waals surface area contributed by atoms with E-state index >= 15 is 0 Å². The molecule has 1 saturated carbocycles. The highest BCUT2D eigenvalue weighted by atomic mass is 16.6. The molecule has 0 amide bonds. The van der Waals surface area contributed by atoms with E-state index in [1.165, 1.54) is 24.4 Å². The van der Waals surface area contributed by atoms with Crippen LogP contribution < -0.4 is 15.6 Å². The number of rotatable bonds is 8. The van der Waals surface area contributed by atoms with Crippen LogP contribution in [0.3, 0.4) is 0 Å². The highest BCUT2D eigenvalue weighted by molar-refractivity contribution is 5.70. The molecule has 3 rings (SSSR count). The standard InChI is InChI=1S/C17H18N4O6/c1-2-27-13-6-10(5-12(7-13)21(25)26)14-8-18-16(19-11-3-4-11)17(24)20(14)9-15(22)23/h5-8,11H,2-4,9H2,1H3,(H,18,19)(H,22,23). The summed E-state index contributed by atoms with van der Waals surface area (Å²) in [5.74, 6) is -0.897. The predicted octanol–water partition coefficient (Wildman–Crippen LogP) is 1.88. The molecule has 0 radical (unpaired) electrons. The van der Waals surface area contributed by atoms with Crippen molar-refractivity contribution in [2.24, 2.45) is 0 Å². The number of nitro benzene ring substituents is 1. The second kappa shape index (κ2) is 7.44. The third kappa shape index (κ3) is 4.22.